The summed E-state index contributed by atoms with van der Waals surface area (Å²) >= 11 is 1.35. The summed E-state index contributed by atoms with van der Waals surface area (Å²) in [6.45, 7) is 7.25. The number of nitrogens with one attached hydrogen (secondary N) is 1. The third kappa shape index (κ3) is 2.28. The van der Waals surface area contributed by atoms with E-state index < -0.39 is 5.97 Å². The van der Waals surface area contributed by atoms with Gasteiger partial charge in [-0.25, -0.2) is 4.79 Å². The molecule has 0 radical (unpaired) electrons. The van der Waals surface area contributed by atoms with Crippen molar-refractivity contribution in [3.63, 3.8) is 0 Å². The molecule has 1 aliphatic carbocycles. The van der Waals surface area contributed by atoms with Crippen molar-refractivity contribution in [2.75, 3.05) is 0 Å². The molecule has 0 bridgehead atoms. The minimum atomic E-state index is -0.828. The summed E-state index contributed by atoms with van der Waals surface area (Å²) in [6.07, 6.45) is 1.21. The molecule has 0 amide bonds. The van der Waals surface area contributed by atoms with Gasteiger partial charge in [-0.1, -0.05) is 13.8 Å². The van der Waals surface area contributed by atoms with E-state index >= 15 is 0 Å². The van der Waals surface area contributed by atoms with Crippen LogP contribution in [0.3, 0.4) is 0 Å². The molecule has 1 saturated carbocycles. The summed E-state index contributed by atoms with van der Waals surface area (Å²) in [5.74, 6) is -0.828. The normalized spacial score (nSPS) is 22.1. The van der Waals surface area contributed by atoms with E-state index in [2.05, 4.69) is 19.2 Å². The molecule has 1 unspecified atom stereocenters. The second kappa shape index (κ2) is 3.86. The van der Waals surface area contributed by atoms with Crippen LogP contribution in [0.2, 0.25) is 0 Å². The third-order valence-corrected chi connectivity index (χ3v) is 4.36. The van der Waals surface area contributed by atoms with Crippen LogP contribution in [-0.2, 0) is 6.54 Å². The predicted molar refractivity (Wildman–Crippen MR) is 65.0 cm³/mol. The average Bonchev–Trinajstić information content (AvgIpc) is 2.61. The van der Waals surface area contributed by atoms with Crippen molar-refractivity contribution >= 4 is 17.3 Å². The maximum atomic E-state index is 10.8. The van der Waals surface area contributed by atoms with Crippen molar-refractivity contribution in [1.29, 1.82) is 0 Å². The number of aryl methyl sites for hydroxylation is 1. The van der Waals surface area contributed by atoms with E-state index in [4.69, 9.17) is 5.11 Å². The first kappa shape index (κ1) is 11.6. The Bertz CT molecular complexity index is 423. The lowest BCUT2D eigenvalue weighted by molar-refractivity contribution is 0.0702. The van der Waals surface area contributed by atoms with Gasteiger partial charge in [-0.15, -0.1) is 11.3 Å². The van der Waals surface area contributed by atoms with Crippen LogP contribution < -0.4 is 5.32 Å². The smallest absolute Gasteiger partial charge is 0.345 e. The first-order chi connectivity index (χ1) is 7.40. The lowest BCUT2D eigenvalue weighted by atomic mass is 10.2. The van der Waals surface area contributed by atoms with Gasteiger partial charge in [0.1, 0.15) is 4.88 Å². The molecule has 1 aromatic heterocycles. The first-order valence-electron chi connectivity index (χ1n) is 5.46. The largest absolute Gasteiger partial charge is 0.477 e. The number of hydrogen-bond acceptors (Lipinski definition) is 3. The Kier molecular flexibility index (Phi) is 2.80. The number of aromatic carboxylic acids is 1. The van der Waals surface area contributed by atoms with Gasteiger partial charge in [0, 0.05) is 17.5 Å². The highest BCUT2D eigenvalue weighted by Crippen LogP contribution is 2.44. The zero-order valence-electron chi connectivity index (χ0n) is 9.83. The first-order valence-corrected chi connectivity index (χ1v) is 6.28. The Morgan fingerprint density at radius 2 is 2.31 bits per heavy atom. The fourth-order valence-electron chi connectivity index (χ4n) is 1.85. The molecule has 0 saturated heterocycles. The maximum Gasteiger partial charge on any atom is 0.345 e. The molecule has 4 heteroatoms. The lowest BCUT2D eigenvalue weighted by Gasteiger charge is -2.05. The second-order valence-electron chi connectivity index (χ2n) is 5.12. The van der Waals surface area contributed by atoms with Crippen LogP contribution in [0.5, 0.6) is 0 Å². The zero-order chi connectivity index (χ0) is 11.9. The lowest BCUT2D eigenvalue weighted by Crippen LogP contribution is -2.19. The van der Waals surface area contributed by atoms with Crippen LogP contribution in [0.1, 0.15) is 40.4 Å². The number of rotatable bonds is 4. The quantitative estimate of drug-likeness (QED) is 0.849. The number of carbonyl (C=O) groups is 1. The number of hydrogen-bond donors (Lipinski definition) is 2. The van der Waals surface area contributed by atoms with Gasteiger partial charge in [0.05, 0.1) is 0 Å². The van der Waals surface area contributed by atoms with Crippen molar-refractivity contribution in [2.24, 2.45) is 5.41 Å². The summed E-state index contributed by atoms with van der Waals surface area (Å²) in [6, 6.07) is 2.37. The van der Waals surface area contributed by atoms with Gasteiger partial charge >= 0.3 is 5.97 Å². The molecule has 2 N–H and O–H groups in total. The number of thiophene rings is 1. The fourth-order valence-corrected chi connectivity index (χ4v) is 2.73. The molecule has 16 heavy (non-hydrogen) atoms. The molecule has 2 rings (SSSR count). The van der Waals surface area contributed by atoms with Crippen LogP contribution in [0.15, 0.2) is 6.07 Å². The van der Waals surface area contributed by atoms with E-state index in [-0.39, 0.29) is 0 Å². The van der Waals surface area contributed by atoms with Crippen LogP contribution in [0, 0.1) is 12.3 Å². The Balaban J connectivity index is 1.97. The van der Waals surface area contributed by atoms with Crippen molar-refractivity contribution in [2.45, 2.75) is 39.8 Å². The van der Waals surface area contributed by atoms with Gasteiger partial charge in [-0.2, -0.15) is 0 Å². The molecular formula is C12H17NO2S. The molecule has 3 nitrogen and oxygen atoms in total. The third-order valence-electron chi connectivity index (χ3n) is 3.28. The van der Waals surface area contributed by atoms with Crippen molar-refractivity contribution in [3.8, 4) is 0 Å². The van der Waals surface area contributed by atoms with Crippen molar-refractivity contribution in [1.82, 2.24) is 5.32 Å². The van der Waals surface area contributed by atoms with E-state index in [1.807, 2.05) is 6.92 Å². The molecule has 88 valence electrons. The minimum absolute atomic E-state index is 0.416. The van der Waals surface area contributed by atoms with Crippen LogP contribution in [0.25, 0.3) is 0 Å². The van der Waals surface area contributed by atoms with E-state index in [0.29, 0.717) is 16.3 Å². The molecule has 1 fully saturated rings. The number of carboxylic acids is 1. The van der Waals surface area contributed by atoms with Gasteiger partial charge in [0.15, 0.2) is 0 Å². The van der Waals surface area contributed by atoms with Crippen LogP contribution >= 0.6 is 11.3 Å². The SMILES string of the molecule is Cc1sc(C(=O)O)cc1CNC1CC1(C)C. The van der Waals surface area contributed by atoms with Crippen LogP contribution in [-0.4, -0.2) is 17.1 Å². The minimum Gasteiger partial charge on any atom is -0.477 e. The summed E-state index contributed by atoms with van der Waals surface area (Å²) < 4.78 is 0. The summed E-state index contributed by atoms with van der Waals surface area (Å²) in [7, 11) is 0. The maximum absolute atomic E-state index is 10.8. The van der Waals surface area contributed by atoms with Crippen molar-refractivity contribution in [3.05, 3.63) is 21.4 Å². The average molecular weight is 239 g/mol. The molecule has 0 aromatic carbocycles. The summed E-state index contributed by atoms with van der Waals surface area (Å²) in [5, 5.41) is 12.4. The van der Waals surface area contributed by atoms with Gasteiger partial charge < -0.3 is 10.4 Å². The molecule has 1 aliphatic rings. The van der Waals surface area contributed by atoms with E-state index in [0.717, 1.165) is 17.0 Å². The van der Waals surface area contributed by atoms with Crippen LogP contribution in [0.4, 0.5) is 0 Å². The topological polar surface area (TPSA) is 49.3 Å². The molecule has 0 aliphatic heterocycles. The molecule has 1 atom stereocenters. The van der Waals surface area contributed by atoms with Gasteiger partial charge in [0.25, 0.3) is 0 Å². The Hall–Kier alpha value is -0.870. The Morgan fingerprint density at radius 1 is 1.69 bits per heavy atom. The monoisotopic (exact) mass is 239 g/mol. The molecule has 0 spiro atoms. The highest BCUT2D eigenvalue weighted by molar-refractivity contribution is 7.14. The predicted octanol–water partition coefficient (Wildman–Crippen LogP) is 2.64. The Labute approximate surface area is 99.5 Å². The highest BCUT2D eigenvalue weighted by Gasteiger charge is 2.45. The fraction of sp³-hybridized carbons (Fsp3) is 0.583. The highest BCUT2D eigenvalue weighted by atomic mass is 32.1. The molecule has 1 heterocycles. The van der Waals surface area contributed by atoms with Crippen molar-refractivity contribution < 1.29 is 9.90 Å². The van der Waals surface area contributed by atoms with E-state index in [1.54, 1.807) is 6.07 Å². The molecular weight excluding hydrogens is 222 g/mol. The summed E-state index contributed by atoms with van der Waals surface area (Å²) in [5.41, 5.74) is 1.53. The second-order valence-corrected chi connectivity index (χ2v) is 6.38. The van der Waals surface area contributed by atoms with E-state index in [1.165, 1.54) is 17.8 Å². The van der Waals surface area contributed by atoms with Gasteiger partial charge in [-0.05, 0) is 30.4 Å². The zero-order valence-corrected chi connectivity index (χ0v) is 10.6. The standard InChI is InChI=1S/C12H17NO2S/c1-7-8(4-9(16-7)11(14)15)6-13-10-5-12(10,2)3/h4,10,13H,5-6H2,1-3H3,(H,14,15). The number of carboxylic acid groups (broad SMARTS) is 1. The van der Waals surface area contributed by atoms with Gasteiger partial charge in [-0.3, -0.25) is 0 Å². The Morgan fingerprint density at radius 3 is 2.75 bits per heavy atom. The van der Waals surface area contributed by atoms with E-state index in [9.17, 15) is 4.79 Å². The molecule has 1 aromatic rings. The van der Waals surface area contributed by atoms with Gasteiger partial charge in [0.2, 0.25) is 0 Å². The summed E-state index contributed by atoms with van der Waals surface area (Å²) in [4.78, 5) is 12.3.